The summed E-state index contributed by atoms with van der Waals surface area (Å²) in [4.78, 5) is 57.7. The molecule has 0 unspecified atom stereocenters. The van der Waals surface area contributed by atoms with Crippen LogP contribution in [-0.4, -0.2) is 35.2 Å². The molecule has 31 heavy (non-hydrogen) atoms. The van der Waals surface area contributed by atoms with Crippen LogP contribution in [0.5, 0.6) is 0 Å². The first-order chi connectivity index (χ1) is 14.7. The van der Waals surface area contributed by atoms with Crippen LogP contribution in [0, 0.1) is 10.1 Å². The molecule has 0 aliphatic carbocycles. The maximum atomic E-state index is 12.1. The molecule has 1 heterocycles. The average molecular weight is 447 g/mol. The molecule has 3 rings (SSSR count). The van der Waals surface area contributed by atoms with E-state index >= 15 is 0 Å². The predicted molar refractivity (Wildman–Crippen MR) is 108 cm³/mol. The van der Waals surface area contributed by atoms with Gasteiger partial charge < -0.3 is 10.1 Å². The van der Waals surface area contributed by atoms with Crippen molar-refractivity contribution < 1.29 is 28.8 Å². The zero-order chi connectivity index (χ0) is 22.5. The molecule has 3 amide bonds. The molecule has 2 aromatic rings. The minimum atomic E-state index is -0.794. The Morgan fingerprint density at radius 3 is 2.55 bits per heavy atom. The van der Waals surface area contributed by atoms with Gasteiger partial charge in [0.05, 0.1) is 16.2 Å². The number of halogens is 1. The van der Waals surface area contributed by atoms with Gasteiger partial charge in [0, 0.05) is 24.6 Å². The Bertz CT molecular complexity index is 1070. The highest BCUT2D eigenvalue weighted by molar-refractivity contribution is 6.32. The number of nitrogens with zero attached hydrogens (tertiary/aromatic N) is 2. The van der Waals surface area contributed by atoms with E-state index in [4.69, 9.17) is 16.3 Å². The molecule has 0 spiro atoms. The van der Waals surface area contributed by atoms with E-state index in [1.54, 1.807) is 0 Å². The first kappa shape index (κ1) is 21.7. The highest BCUT2D eigenvalue weighted by Crippen LogP contribution is 2.27. The first-order valence-electron chi connectivity index (χ1n) is 8.88. The van der Waals surface area contributed by atoms with Crippen LogP contribution in [0.2, 0.25) is 5.02 Å². The van der Waals surface area contributed by atoms with Crippen molar-refractivity contribution in [2.75, 3.05) is 16.9 Å². The van der Waals surface area contributed by atoms with Gasteiger partial charge in [0.25, 0.3) is 11.6 Å². The van der Waals surface area contributed by atoms with Gasteiger partial charge in [-0.3, -0.25) is 29.9 Å². The van der Waals surface area contributed by atoms with E-state index < -0.39 is 23.4 Å². The van der Waals surface area contributed by atoms with Gasteiger partial charge >= 0.3 is 5.97 Å². The molecular formula is C19H15ClN4O7. The molecule has 160 valence electrons. The molecule has 1 saturated heterocycles. The second kappa shape index (κ2) is 9.22. The molecule has 1 fully saturated rings. The smallest absolute Gasteiger partial charge is 0.338 e. The van der Waals surface area contributed by atoms with Crippen LogP contribution >= 0.6 is 11.6 Å². The first-order valence-corrected chi connectivity index (χ1v) is 9.26. The fourth-order valence-electron chi connectivity index (χ4n) is 2.67. The maximum absolute atomic E-state index is 12.1. The number of ether oxygens (including phenoxy) is 1. The highest BCUT2D eigenvalue weighted by Gasteiger charge is 2.24. The lowest BCUT2D eigenvalue weighted by molar-refractivity contribution is -0.384. The third kappa shape index (κ3) is 5.34. The van der Waals surface area contributed by atoms with Crippen molar-refractivity contribution in [3.8, 4) is 0 Å². The summed E-state index contributed by atoms with van der Waals surface area (Å²) in [6.07, 6.45) is 0.201. The number of carbonyl (C=O) groups is 4. The topological polar surface area (TPSA) is 148 Å². The van der Waals surface area contributed by atoms with Crippen LogP contribution < -0.4 is 15.8 Å². The Morgan fingerprint density at radius 1 is 1.16 bits per heavy atom. The van der Waals surface area contributed by atoms with Crippen molar-refractivity contribution in [3.63, 3.8) is 0 Å². The number of nitro groups is 1. The number of benzene rings is 2. The number of esters is 1. The molecule has 0 radical (unpaired) electrons. The van der Waals surface area contributed by atoms with Crippen molar-refractivity contribution in [3.05, 3.63) is 63.2 Å². The number of carbonyl (C=O) groups excluding carboxylic acids is 4. The van der Waals surface area contributed by atoms with Crippen molar-refractivity contribution in [1.29, 1.82) is 0 Å². The van der Waals surface area contributed by atoms with Crippen LogP contribution in [0.3, 0.4) is 0 Å². The van der Waals surface area contributed by atoms with Gasteiger partial charge in [-0.15, -0.1) is 0 Å². The molecule has 1 aliphatic rings. The molecular weight excluding hydrogens is 432 g/mol. The lowest BCUT2D eigenvalue weighted by Crippen LogP contribution is -2.50. The number of nitro benzene ring substituents is 1. The van der Waals surface area contributed by atoms with E-state index in [0.717, 1.165) is 11.1 Å². The van der Waals surface area contributed by atoms with Gasteiger partial charge in [-0.05, 0) is 36.4 Å². The lowest BCUT2D eigenvalue weighted by Gasteiger charge is -2.27. The molecule has 0 atom stereocenters. The number of amides is 3. The molecule has 0 bridgehead atoms. The van der Waals surface area contributed by atoms with Crippen molar-refractivity contribution in [1.82, 2.24) is 5.43 Å². The number of rotatable bonds is 6. The maximum Gasteiger partial charge on any atom is 0.338 e. The van der Waals surface area contributed by atoms with Gasteiger partial charge in [0.1, 0.15) is 5.02 Å². The summed E-state index contributed by atoms with van der Waals surface area (Å²) in [7, 11) is 0. The number of anilines is 2. The molecule has 0 saturated carbocycles. The third-order valence-electron chi connectivity index (χ3n) is 4.17. The number of nitrogens with one attached hydrogen (secondary N) is 2. The monoisotopic (exact) mass is 446 g/mol. The second-order valence-corrected chi connectivity index (χ2v) is 6.77. The standard InChI is InChI=1S/C19H15ClN4O7/c20-14-6-3-12(9-15(14)24(29)30)21-17(26)10-31-19(28)11-1-4-13(5-2-11)23-18(27)8-7-16(25)22-23/h1-6,9H,7-8,10H2,(H,21,26)(H,22,25). The Balaban J connectivity index is 1.56. The minimum absolute atomic E-state index is 0.0799. The van der Waals surface area contributed by atoms with Crippen molar-refractivity contribution in [2.24, 2.45) is 0 Å². The summed E-state index contributed by atoms with van der Waals surface area (Å²) in [5.41, 5.74) is 2.67. The van der Waals surface area contributed by atoms with Crippen LogP contribution in [0.15, 0.2) is 42.5 Å². The van der Waals surface area contributed by atoms with Gasteiger partial charge in [-0.25, -0.2) is 9.80 Å². The van der Waals surface area contributed by atoms with E-state index in [1.807, 2.05) is 0 Å². The number of hydrogen-bond donors (Lipinski definition) is 2. The summed E-state index contributed by atoms with van der Waals surface area (Å²) in [6.45, 7) is -0.627. The Labute approximate surface area is 180 Å². The fraction of sp³-hybridized carbons (Fsp3) is 0.158. The largest absolute Gasteiger partial charge is 0.452 e. The average Bonchev–Trinajstić information content (AvgIpc) is 2.75. The van der Waals surface area contributed by atoms with Gasteiger partial charge in [0.15, 0.2) is 6.61 Å². The predicted octanol–water partition coefficient (Wildman–Crippen LogP) is 2.20. The Morgan fingerprint density at radius 2 is 1.87 bits per heavy atom. The van der Waals surface area contributed by atoms with E-state index in [1.165, 1.54) is 36.4 Å². The number of hydrogen-bond acceptors (Lipinski definition) is 7. The number of hydrazine groups is 1. The quantitative estimate of drug-likeness (QED) is 0.392. The molecule has 12 heteroatoms. The minimum Gasteiger partial charge on any atom is -0.452 e. The van der Waals surface area contributed by atoms with Gasteiger partial charge in [0.2, 0.25) is 11.8 Å². The van der Waals surface area contributed by atoms with Crippen LogP contribution in [-0.2, 0) is 19.1 Å². The van der Waals surface area contributed by atoms with Crippen molar-refractivity contribution >= 4 is 52.4 Å². The summed E-state index contributed by atoms with van der Waals surface area (Å²) in [6, 6.07) is 9.38. The normalized spacial score (nSPS) is 13.4. The van der Waals surface area contributed by atoms with Crippen LogP contribution in [0.25, 0.3) is 0 Å². The Kier molecular flexibility index (Phi) is 6.46. The van der Waals surface area contributed by atoms with E-state index in [-0.39, 0.29) is 46.6 Å². The second-order valence-electron chi connectivity index (χ2n) is 6.36. The molecule has 11 nitrogen and oxygen atoms in total. The summed E-state index contributed by atoms with van der Waals surface area (Å²) in [5.74, 6) is -2.07. The van der Waals surface area contributed by atoms with Gasteiger partial charge in [-0.2, -0.15) is 0 Å². The fourth-order valence-corrected chi connectivity index (χ4v) is 2.86. The zero-order valence-electron chi connectivity index (χ0n) is 15.8. The SMILES string of the molecule is O=C(COC(=O)c1ccc(N2NC(=O)CCC2=O)cc1)Nc1ccc(Cl)c([N+](=O)[O-])c1. The summed E-state index contributed by atoms with van der Waals surface area (Å²) in [5, 5.41) is 14.3. The third-order valence-corrected chi connectivity index (χ3v) is 4.49. The molecule has 0 aromatic heterocycles. The van der Waals surface area contributed by atoms with Crippen LogP contribution in [0.4, 0.5) is 17.1 Å². The summed E-state index contributed by atoms with van der Waals surface area (Å²) >= 11 is 5.71. The molecule has 2 N–H and O–H groups in total. The van der Waals surface area contributed by atoms with E-state index in [2.05, 4.69) is 10.7 Å². The van der Waals surface area contributed by atoms with Gasteiger partial charge in [-0.1, -0.05) is 11.6 Å². The zero-order valence-corrected chi connectivity index (χ0v) is 16.5. The highest BCUT2D eigenvalue weighted by atomic mass is 35.5. The molecule has 2 aromatic carbocycles. The molecule has 1 aliphatic heterocycles. The van der Waals surface area contributed by atoms with Crippen LogP contribution in [0.1, 0.15) is 23.2 Å². The Hall–Kier alpha value is -3.99. The van der Waals surface area contributed by atoms with Crippen molar-refractivity contribution in [2.45, 2.75) is 12.8 Å². The van der Waals surface area contributed by atoms with E-state index in [0.29, 0.717) is 5.69 Å². The lowest BCUT2D eigenvalue weighted by atomic mass is 10.2. The van der Waals surface area contributed by atoms with E-state index in [9.17, 15) is 29.3 Å². The summed E-state index contributed by atoms with van der Waals surface area (Å²) < 4.78 is 4.93.